The fourth-order valence-electron chi connectivity index (χ4n) is 5.71. The van der Waals surface area contributed by atoms with Gasteiger partial charge in [0.25, 0.3) is 0 Å². The molecule has 0 radical (unpaired) electrons. The van der Waals surface area contributed by atoms with Gasteiger partial charge >= 0.3 is 0 Å². The van der Waals surface area contributed by atoms with Crippen LogP contribution in [0.5, 0.6) is 0 Å². The van der Waals surface area contributed by atoms with Crippen LogP contribution in [0.25, 0.3) is 0 Å². The number of rotatable bonds is 1. The third kappa shape index (κ3) is 1.03. The van der Waals surface area contributed by atoms with E-state index in [0.717, 1.165) is 12.0 Å². The van der Waals surface area contributed by atoms with Gasteiger partial charge in [0, 0.05) is 6.04 Å². The van der Waals surface area contributed by atoms with E-state index in [-0.39, 0.29) is 12.4 Å². The quantitative estimate of drug-likeness (QED) is 0.742. The van der Waals surface area contributed by atoms with E-state index in [4.69, 9.17) is 0 Å². The maximum atomic E-state index is 3.68. The average molecular weight is 244 g/mol. The second kappa shape index (κ2) is 3.38. The zero-order valence-electron chi connectivity index (χ0n) is 11.1. The Morgan fingerprint density at radius 1 is 1.06 bits per heavy atom. The third-order valence-corrected chi connectivity index (χ3v) is 6.77. The van der Waals surface area contributed by atoms with Crippen LogP contribution in [0.1, 0.15) is 52.9 Å². The second-order valence-electron chi connectivity index (χ2n) is 7.04. The number of hydrogen-bond acceptors (Lipinski definition) is 1. The topological polar surface area (TPSA) is 12.0 Å². The first-order valence-corrected chi connectivity index (χ1v) is 6.66. The lowest BCUT2D eigenvalue weighted by atomic mass is 9.55. The Kier molecular flexibility index (Phi) is 2.69. The summed E-state index contributed by atoms with van der Waals surface area (Å²) in [7, 11) is 2.19. The molecule has 0 amide bonds. The highest BCUT2D eigenvalue weighted by Crippen LogP contribution is 2.76. The molecule has 3 rings (SSSR count). The molecule has 0 saturated heterocycles. The molecule has 3 atom stereocenters. The van der Waals surface area contributed by atoms with Crippen molar-refractivity contribution in [1.82, 2.24) is 5.32 Å². The van der Waals surface area contributed by atoms with E-state index >= 15 is 0 Å². The summed E-state index contributed by atoms with van der Waals surface area (Å²) < 4.78 is 0. The van der Waals surface area contributed by atoms with Crippen molar-refractivity contribution in [2.45, 2.75) is 58.9 Å². The maximum absolute atomic E-state index is 3.68. The SMILES string of the molecule is CN[C@@H]1C2(CCC2)[C@H]2CC[C@]1(C)C2(C)C.Cl. The van der Waals surface area contributed by atoms with Gasteiger partial charge < -0.3 is 5.32 Å². The van der Waals surface area contributed by atoms with Gasteiger partial charge in [0.15, 0.2) is 0 Å². The van der Waals surface area contributed by atoms with Crippen LogP contribution in [0.2, 0.25) is 0 Å². The van der Waals surface area contributed by atoms with Crippen molar-refractivity contribution in [2.75, 3.05) is 7.05 Å². The van der Waals surface area contributed by atoms with E-state index in [2.05, 4.69) is 33.1 Å². The van der Waals surface area contributed by atoms with Crippen molar-refractivity contribution in [3.05, 3.63) is 0 Å². The molecule has 2 bridgehead atoms. The molecule has 2 heteroatoms. The fourth-order valence-corrected chi connectivity index (χ4v) is 5.71. The van der Waals surface area contributed by atoms with Crippen LogP contribution >= 0.6 is 12.4 Å². The lowest BCUT2D eigenvalue weighted by Gasteiger charge is -2.53. The Balaban J connectivity index is 0.000000963. The largest absolute Gasteiger partial charge is 0.316 e. The first-order chi connectivity index (χ1) is 6.99. The highest BCUT2D eigenvalue weighted by atomic mass is 35.5. The van der Waals surface area contributed by atoms with Crippen molar-refractivity contribution >= 4 is 12.4 Å². The number of halogens is 1. The molecule has 16 heavy (non-hydrogen) atoms. The monoisotopic (exact) mass is 243 g/mol. The molecule has 3 aliphatic rings. The molecule has 3 aliphatic carbocycles. The zero-order valence-corrected chi connectivity index (χ0v) is 11.9. The molecule has 0 unspecified atom stereocenters. The van der Waals surface area contributed by atoms with Gasteiger partial charge in [-0.05, 0) is 54.9 Å². The summed E-state index contributed by atoms with van der Waals surface area (Å²) in [6.07, 6.45) is 7.38. The summed E-state index contributed by atoms with van der Waals surface area (Å²) in [6, 6.07) is 0.785. The van der Waals surface area contributed by atoms with Gasteiger partial charge in [-0.3, -0.25) is 0 Å². The van der Waals surface area contributed by atoms with Gasteiger partial charge in [-0.25, -0.2) is 0 Å². The van der Waals surface area contributed by atoms with Crippen LogP contribution in [0.4, 0.5) is 0 Å². The summed E-state index contributed by atoms with van der Waals surface area (Å²) in [5.41, 5.74) is 1.79. The predicted molar refractivity (Wildman–Crippen MR) is 71.0 cm³/mol. The van der Waals surface area contributed by atoms with E-state index in [1.54, 1.807) is 0 Å². The smallest absolute Gasteiger partial charge is 0.0182 e. The molecule has 0 aromatic carbocycles. The van der Waals surface area contributed by atoms with Crippen LogP contribution in [-0.2, 0) is 0 Å². The lowest BCUT2D eigenvalue weighted by Crippen LogP contribution is -2.55. The summed E-state index contributed by atoms with van der Waals surface area (Å²) in [5, 5.41) is 3.68. The predicted octanol–water partition coefficient (Wildman–Crippen LogP) is 3.62. The van der Waals surface area contributed by atoms with Crippen LogP contribution < -0.4 is 5.32 Å². The van der Waals surface area contributed by atoms with Crippen molar-refractivity contribution < 1.29 is 0 Å². The third-order valence-electron chi connectivity index (χ3n) is 6.77. The molecule has 1 spiro atoms. The zero-order chi connectivity index (χ0) is 10.9. The van der Waals surface area contributed by atoms with Crippen LogP contribution in [0, 0.1) is 22.2 Å². The maximum Gasteiger partial charge on any atom is 0.0182 e. The van der Waals surface area contributed by atoms with E-state index < -0.39 is 0 Å². The highest BCUT2D eigenvalue weighted by Gasteiger charge is 2.72. The van der Waals surface area contributed by atoms with Gasteiger partial charge in [0.05, 0.1) is 0 Å². The van der Waals surface area contributed by atoms with Crippen molar-refractivity contribution in [2.24, 2.45) is 22.2 Å². The minimum absolute atomic E-state index is 0. The summed E-state index contributed by atoms with van der Waals surface area (Å²) in [4.78, 5) is 0. The first-order valence-electron chi connectivity index (χ1n) is 6.66. The standard InChI is InChI=1S/C14H25N.ClH/c1-12(2)10-6-9-13(12,3)11(15-4)14(10)7-5-8-14;/h10-11,15H,5-9H2,1-4H3;1H/t10-,11-,13-;/m0./s1. The minimum atomic E-state index is 0. The molecule has 3 fully saturated rings. The molecule has 0 heterocycles. The van der Waals surface area contributed by atoms with Crippen LogP contribution in [0.3, 0.4) is 0 Å². The molecular weight excluding hydrogens is 218 g/mol. The second-order valence-corrected chi connectivity index (χ2v) is 7.04. The Bertz CT molecular complexity index is 295. The summed E-state index contributed by atoms with van der Waals surface area (Å²) in [6.45, 7) is 7.60. The number of nitrogens with one attached hydrogen (secondary N) is 1. The Labute approximate surface area is 106 Å². The Morgan fingerprint density at radius 2 is 1.69 bits per heavy atom. The number of fused-ring (bicyclic) bond motifs is 3. The van der Waals surface area contributed by atoms with Crippen molar-refractivity contribution in [3.63, 3.8) is 0 Å². The molecule has 94 valence electrons. The minimum Gasteiger partial charge on any atom is -0.316 e. The lowest BCUT2D eigenvalue weighted by molar-refractivity contribution is 0.000768. The number of hydrogen-bond donors (Lipinski definition) is 1. The van der Waals surface area contributed by atoms with E-state index in [9.17, 15) is 0 Å². The summed E-state index contributed by atoms with van der Waals surface area (Å²) in [5.74, 6) is 0.987. The molecule has 3 saturated carbocycles. The molecule has 0 aromatic rings. The highest BCUT2D eigenvalue weighted by molar-refractivity contribution is 5.85. The van der Waals surface area contributed by atoms with Crippen LogP contribution in [0.15, 0.2) is 0 Å². The molecule has 0 aliphatic heterocycles. The molecular formula is C14H26ClN. The average Bonchev–Trinajstić information content (AvgIpc) is 2.42. The van der Waals surface area contributed by atoms with E-state index in [1.165, 1.54) is 32.1 Å². The fraction of sp³-hybridized carbons (Fsp3) is 1.00. The first kappa shape index (κ1) is 12.7. The molecule has 1 nitrogen and oxygen atoms in total. The van der Waals surface area contributed by atoms with Gasteiger partial charge in [-0.2, -0.15) is 0 Å². The summed E-state index contributed by atoms with van der Waals surface area (Å²) >= 11 is 0. The molecule has 0 aromatic heterocycles. The van der Waals surface area contributed by atoms with E-state index in [0.29, 0.717) is 16.2 Å². The van der Waals surface area contributed by atoms with Crippen molar-refractivity contribution in [3.8, 4) is 0 Å². The van der Waals surface area contributed by atoms with Gasteiger partial charge in [-0.1, -0.05) is 27.2 Å². The Hall–Kier alpha value is 0.250. The van der Waals surface area contributed by atoms with Gasteiger partial charge in [-0.15, -0.1) is 12.4 Å². The normalized spacial score (nSPS) is 46.5. The van der Waals surface area contributed by atoms with Crippen LogP contribution in [-0.4, -0.2) is 13.1 Å². The Morgan fingerprint density at radius 3 is 2.06 bits per heavy atom. The van der Waals surface area contributed by atoms with Gasteiger partial charge in [0.2, 0.25) is 0 Å². The van der Waals surface area contributed by atoms with Crippen molar-refractivity contribution in [1.29, 1.82) is 0 Å². The van der Waals surface area contributed by atoms with Gasteiger partial charge in [0.1, 0.15) is 0 Å². The molecule has 1 N–H and O–H groups in total. The van der Waals surface area contributed by atoms with E-state index in [1.807, 2.05) is 0 Å².